The van der Waals surface area contributed by atoms with Gasteiger partial charge in [-0.15, -0.1) is 0 Å². The van der Waals surface area contributed by atoms with Crippen LogP contribution in [0.5, 0.6) is 0 Å². The Morgan fingerprint density at radius 3 is 1.94 bits per heavy atom. The summed E-state index contributed by atoms with van der Waals surface area (Å²) in [6.07, 6.45) is 1.13. The van der Waals surface area contributed by atoms with Crippen LogP contribution in [0.25, 0.3) is 0 Å². The fourth-order valence-corrected chi connectivity index (χ4v) is 2.64. The molecule has 2 aromatic carbocycles. The number of rotatable bonds is 3. The third-order valence-corrected chi connectivity index (χ3v) is 3.70. The Hall–Kier alpha value is -1.60. The lowest BCUT2D eigenvalue weighted by Crippen LogP contribution is -2.58. The van der Waals surface area contributed by atoms with E-state index in [2.05, 4.69) is 66.0 Å². The number of hydrogen-bond donors (Lipinski definition) is 1. The number of nitrogens with one attached hydrogen (secondary N) is 1. The van der Waals surface area contributed by atoms with Crippen molar-refractivity contribution >= 4 is 0 Å². The average molecular weight is 223 g/mol. The summed E-state index contributed by atoms with van der Waals surface area (Å²) in [4.78, 5) is 0. The van der Waals surface area contributed by atoms with E-state index in [0.29, 0.717) is 5.41 Å². The molecule has 0 aliphatic carbocycles. The number of hydrogen-bond acceptors (Lipinski definition) is 1. The average Bonchev–Trinajstić information content (AvgIpc) is 2.36. The van der Waals surface area contributed by atoms with Gasteiger partial charge < -0.3 is 5.32 Å². The van der Waals surface area contributed by atoms with Gasteiger partial charge in [0.15, 0.2) is 0 Å². The molecule has 1 nitrogen and oxygen atoms in total. The summed E-state index contributed by atoms with van der Waals surface area (Å²) < 4.78 is 0. The molecule has 0 saturated carbocycles. The second kappa shape index (κ2) is 4.34. The first kappa shape index (κ1) is 10.5. The van der Waals surface area contributed by atoms with Gasteiger partial charge in [0.1, 0.15) is 0 Å². The van der Waals surface area contributed by atoms with Crippen LogP contribution in [0.15, 0.2) is 60.7 Å². The minimum absolute atomic E-state index is 0.308. The Kier molecular flexibility index (Phi) is 2.69. The lowest BCUT2D eigenvalue weighted by Gasteiger charge is -2.43. The van der Waals surface area contributed by atoms with Gasteiger partial charge in [-0.05, 0) is 17.5 Å². The number of benzene rings is 2. The van der Waals surface area contributed by atoms with Gasteiger partial charge >= 0.3 is 0 Å². The molecule has 3 rings (SSSR count). The molecule has 1 heterocycles. The molecule has 1 heteroatoms. The van der Waals surface area contributed by atoms with Crippen LogP contribution in [0.1, 0.15) is 11.1 Å². The van der Waals surface area contributed by atoms with E-state index in [4.69, 9.17) is 0 Å². The third-order valence-electron chi connectivity index (χ3n) is 3.70. The maximum Gasteiger partial charge on any atom is 0.0242 e. The zero-order valence-electron chi connectivity index (χ0n) is 9.89. The second-order valence-corrected chi connectivity index (χ2v) is 4.91. The maximum absolute atomic E-state index is 3.42. The Bertz CT molecular complexity index is 471. The van der Waals surface area contributed by atoms with E-state index >= 15 is 0 Å². The molecule has 0 amide bonds. The van der Waals surface area contributed by atoms with E-state index in [-0.39, 0.29) is 0 Å². The van der Waals surface area contributed by atoms with Crippen molar-refractivity contribution in [3.05, 3.63) is 71.8 Å². The fourth-order valence-electron chi connectivity index (χ4n) is 2.64. The lowest BCUT2D eigenvalue weighted by atomic mass is 9.71. The van der Waals surface area contributed by atoms with E-state index in [0.717, 1.165) is 19.5 Å². The van der Waals surface area contributed by atoms with E-state index in [1.54, 1.807) is 0 Å². The zero-order chi connectivity index (χ0) is 11.6. The summed E-state index contributed by atoms with van der Waals surface area (Å²) in [6, 6.07) is 21.7. The highest BCUT2D eigenvalue weighted by atomic mass is 15.0. The summed E-state index contributed by atoms with van der Waals surface area (Å²) in [6.45, 7) is 2.18. The van der Waals surface area contributed by atoms with Crippen LogP contribution in [-0.4, -0.2) is 13.1 Å². The minimum atomic E-state index is 0.308. The second-order valence-electron chi connectivity index (χ2n) is 4.91. The van der Waals surface area contributed by atoms with Crippen molar-refractivity contribution in [2.75, 3.05) is 13.1 Å². The molecular formula is C16H17N. The molecular weight excluding hydrogens is 206 g/mol. The van der Waals surface area contributed by atoms with Crippen LogP contribution >= 0.6 is 0 Å². The molecule has 0 unspecified atom stereocenters. The molecule has 0 atom stereocenters. The summed E-state index contributed by atoms with van der Waals surface area (Å²) in [5, 5.41) is 3.42. The van der Waals surface area contributed by atoms with E-state index in [1.807, 2.05) is 0 Å². The highest BCUT2D eigenvalue weighted by molar-refractivity contribution is 5.33. The van der Waals surface area contributed by atoms with Crippen molar-refractivity contribution in [1.82, 2.24) is 5.32 Å². The molecule has 2 aromatic rings. The van der Waals surface area contributed by atoms with Gasteiger partial charge in [0.2, 0.25) is 0 Å². The maximum atomic E-state index is 3.42. The van der Waals surface area contributed by atoms with Crippen LogP contribution in [0.3, 0.4) is 0 Å². The SMILES string of the molecule is c1ccc(CC2(c3ccccc3)CNC2)cc1. The van der Waals surface area contributed by atoms with Crippen molar-refractivity contribution in [3.8, 4) is 0 Å². The van der Waals surface area contributed by atoms with Gasteiger partial charge in [0.25, 0.3) is 0 Å². The highest BCUT2D eigenvalue weighted by Gasteiger charge is 2.38. The molecule has 0 spiro atoms. The molecule has 0 radical (unpaired) electrons. The van der Waals surface area contributed by atoms with Gasteiger partial charge in [0, 0.05) is 18.5 Å². The van der Waals surface area contributed by atoms with Crippen molar-refractivity contribution in [3.63, 3.8) is 0 Å². The molecule has 1 aliphatic heterocycles. The summed E-state index contributed by atoms with van der Waals surface area (Å²) in [7, 11) is 0. The third kappa shape index (κ3) is 1.98. The van der Waals surface area contributed by atoms with Crippen LogP contribution in [0.4, 0.5) is 0 Å². The molecule has 1 aliphatic rings. The molecule has 1 saturated heterocycles. The fraction of sp³-hybridized carbons (Fsp3) is 0.250. The van der Waals surface area contributed by atoms with Crippen LogP contribution in [0.2, 0.25) is 0 Å². The highest BCUT2D eigenvalue weighted by Crippen LogP contribution is 2.32. The van der Waals surface area contributed by atoms with Crippen LogP contribution in [-0.2, 0) is 11.8 Å². The molecule has 17 heavy (non-hydrogen) atoms. The monoisotopic (exact) mass is 223 g/mol. The Balaban J connectivity index is 1.89. The topological polar surface area (TPSA) is 12.0 Å². The Morgan fingerprint density at radius 2 is 1.41 bits per heavy atom. The molecule has 1 fully saturated rings. The molecule has 86 valence electrons. The summed E-state index contributed by atoms with van der Waals surface area (Å²) in [5.41, 5.74) is 3.20. The van der Waals surface area contributed by atoms with E-state index < -0.39 is 0 Å². The van der Waals surface area contributed by atoms with Gasteiger partial charge in [-0.3, -0.25) is 0 Å². The van der Waals surface area contributed by atoms with Gasteiger partial charge in [-0.2, -0.15) is 0 Å². The summed E-state index contributed by atoms with van der Waals surface area (Å²) in [5.74, 6) is 0. The molecule has 0 aromatic heterocycles. The van der Waals surface area contributed by atoms with Crippen LogP contribution in [0, 0.1) is 0 Å². The Labute approximate surface area is 102 Å². The van der Waals surface area contributed by atoms with Crippen molar-refractivity contribution in [2.45, 2.75) is 11.8 Å². The predicted octanol–water partition coefficient (Wildman–Crippen LogP) is 2.77. The first-order chi connectivity index (χ1) is 8.39. The van der Waals surface area contributed by atoms with Crippen molar-refractivity contribution in [2.24, 2.45) is 0 Å². The Morgan fingerprint density at radius 1 is 0.824 bits per heavy atom. The van der Waals surface area contributed by atoms with Gasteiger partial charge in [0.05, 0.1) is 0 Å². The van der Waals surface area contributed by atoms with Crippen molar-refractivity contribution in [1.29, 1.82) is 0 Å². The van der Waals surface area contributed by atoms with Gasteiger partial charge in [-0.25, -0.2) is 0 Å². The zero-order valence-corrected chi connectivity index (χ0v) is 9.89. The van der Waals surface area contributed by atoms with Crippen molar-refractivity contribution < 1.29 is 0 Å². The largest absolute Gasteiger partial charge is 0.315 e. The van der Waals surface area contributed by atoms with Crippen LogP contribution < -0.4 is 5.32 Å². The lowest BCUT2D eigenvalue weighted by molar-refractivity contribution is 0.275. The molecule has 1 N–H and O–H groups in total. The standard InChI is InChI=1S/C16H17N/c1-3-7-14(8-4-1)11-16(12-17-13-16)15-9-5-2-6-10-15/h1-10,17H,11-13H2. The summed E-state index contributed by atoms with van der Waals surface area (Å²) >= 11 is 0. The van der Waals surface area contributed by atoms with E-state index in [9.17, 15) is 0 Å². The predicted molar refractivity (Wildman–Crippen MR) is 71.1 cm³/mol. The first-order valence-corrected chi connectivity index (χ1v) is 6.19. The minimum Gasteiger partial charge on any atom is -0.315 e. The molecule has 0 bridgehead atoms. The first-order valence-electron chi connectivity index (χ1n) is 6.19. The smallest absolute Gasteiger partial charge is 0.0242 e. The van der Waals surface area contributed by atoms with E-state index in [1.165, 1.54) is 11.1 Å². The quantitative estimate of drug-likeness (QED) is 0.843. The van der Waals surface area contributed by atoms with Gasteiger partial charge in [-0.1, -0.05) is 60.7 Å². The normalized spacial score (nSPS) is 17.4.